The van der Waals surface area contributed by atoms with Crippen molar-refractivity contribution in [1.82, 2.24) is 4.90 Å². The summed E-state index contributed by atoms with van der Waals surface area (Å²) in [5.41, 5.74) is 0.680. The lowest BCUT2D eigenvalue weighted by Gasteiger charge is -2.24. The van der Waals surface area contributed by atoms with Crippen LogP contribution in [0.1, 0.15) is 17.9 Å². The minimum Gasteiger partial charge on any atom is -0.495 e. The summed E-state index contributed by atoms with van der Waals surface area (Å²) >= 11 is 0. The average Bonchev–Trinajstić information content (AvgIpc) is 3.49. The van der Waals surface area contributed by atoms with Gasteiger partial charge in [-0.15, -0.1) is 0 Å². The minimum atomic E-state index is -0.447. The molecule has 150 valence electrons. The van der Waals surface area contributed by atoms with Gasteiger partial charge in [0.15, 0.2) is 0 Å². The Labute approximate surface area is 168 Å². The largest absolute Gasteiger partial charge is 0.495 e. The summed E-state index contributed by atoms with van der Waals surface area (Å²) in [5, 5.41) is 0. The summed E-state index contributed by atoms with van der Waals surface area (Å²) < 4.78 is 16.2. The van der Waals surface area contributed by atoms with Gasteiger partial charge in [-0.25, -0.2) is 0 Å². The number of rotatable bonds is 7. The number of hydrogen-bond acceptors (Lipinski definition) is 5. The quantitative estimate of drug-likeness (QED) is 0.613. The third-order valence-corrected chi connectivity index (χ3v) is 5.02. The van der Waals surface area contributed by atoms with E-state index in [0.29, 0.717) is 42.6 Å². The van der Waals surface area contributed by atoms with E-state index in [1.54, 1.807) is 47.6 Å². The Balaban J connectivity index is 1.53. The van der Waals surface area contributed by atoms with Gasteiger partial charge in [-0.3, -0.25) is 9.59 Å². The van der Waals surface area contributed by atoms with Crippen molar-refractivity contribution >= 4 is 17.5 Å². The number of nitrogens with zero attached hydrogens (tertiary/aromatic N) is 2. The highest BCUT2D eigenvalue weighted by molar-refractivity contribution is 6.01. The molecular formula is C22H22N2O5. The van der Waals surface area contributed by atoms with Gasteiger partial charge in [-0.2, -0.15) is 0 Å². The van der Waals surface area contributed by atoms with E-state index in [-0.39, 0.29) is 18.2 Å². The van der Waals surface area contributed by atoms with Gasteiger partial charge in [0.1, 0.15) is 17.3 Å². The molecule has 0 N–H and O–H groups in total. The maximum absolute atomic E-state index is 13.3. The highest BCUT2D eigenvalue weighted by Crippen LogP contribution is 2.33. The van der Waals surface area contributed by atoms with E-state index in [1.165, 1.54) is 0 Å². The van der Waals surface area contributed by atoms with Crippen molar-refractivity contribution in [1.29, 1.82) is 0 Å². The number of benzene rings is 1. The molecule has 0 spiro atoms. The number of para-hydroxylation sites is 2. The van der Waals surface area contributed by atoms with Crippen LogP contribution in [0.25, 0.3) is 0 Å². The topological polar surface area (TPSA) is 76.1 Å². The number of anilines is 1. The van der Waals surface area contributed by atoms with Gasteiger partial charge in [-0.05, 0) is 36.4 Å². The van der Waals surface area contributed by atoms with Crippen molar-refractivity contribution in [2.75, 3.05) is 18.6 Å². The first-order valence-electron chi connectivity index (χ1n) is 9.42. The number of methoxy groups -OCH3 is 1. The van der Waals surface area contributed by atoms with Gasteiger partial charge in [0.25, 0.3) is 0 Å². The fraction of sp³-hybridized carbons (Fsp3) is 0.273. The highest BCUT2D eigenvalue weighted by atomic mass is 16.5. The van der Waals surface area contributed by atoms with Crippen LogP contribution in [0.15, 0.2) is 69.9 Å². The molecule has 7 heteroatoms. The second kappa shape index (κ2) is 8.26. The Morgan fingerprint density at radius 1 is 1.07 bits per heavy atom. The Kier molecular flexibility index (Phi) is 5.37. The normalized spacial score (nSPS) is 16.2. The average molecular weight is 394 g/mol. The molecule has 3 aromatic rings. The molecule has 1 atom stereocenters. The van der Waals surface area contributed by atoms with E-state index in [4.69, 9.17) is 13.6 Å². The summed E-state index contributed by atoms with van der Waals surface area (Å²) in [6.07, 6.45) is 3.31. The van der Waals surface area contributed by atoms with E-state index < -0.39 is 5.92 Å². The number of carbonyl (C=O) groups excluding carboxylic acids is 2. The molecule has 3 heterocycles. The fourth-order valence-electron chi connectivity index (χ4n) is 3.61. The van der Waals surface area contributed by atoms with Crippen molar-refractivity contribution in [2.24, 2.45) is 5.92 Å². The van der Waals surface area contributed by atoms with E-state index in [2.05, 4.69) is 0 Å². The highest BCUT2D eigenvalue weighted by Gasteiger charge is 2.38. The Morgan fingerprint density at radius 3 is 2.31 bits per heavy atom. The second-order valence-corrected chi connectivity index (χ2v) is 6.93. The van der Waals surface area contributed by atoms with Gasteiger partial charge >= 0.3 is 0 Å². The number of furan rings is 2. The van der Waals surface area contributed by atoms with Crippen LogP contribution >= 0.6 is 0 Å². The summed E-state index contributed by atoms with van der Waals surface area (Å²) in [6, 6.07) is 14.5. The predicted molar refractivity (Wildman–Crippen MR) is 105 cm³/mol. The zero-order valence-electron chi connectivity index (χ0n) is 16.1. The molecule has 4 rings (SSSR count). The Bertz CT molecular complexity index is 929. The molecule has 1 unspecified atom stereocenters. The van der Waals surface area contributed by atoms with E-state index in [0.717, 1.165) is 0 Å². The molecule has 1 aromatic carbocycles. The maximum Gasteiger partial charge on any atom is 0.228 e. The van der Waals surface area contributed by atoms with Crippen LogP contribution in [0.2, 0.25) is 0 Å². The van der Waals surface area contributed by atoms with Crippen LogP contribution in [-0.4, -0.2) is 30.4 Å². The Morgan fingerprint density at radius 2 is 1.72 bits per heavy atom. The van der Waals surface area contributed by atoms with Crippen LogP contribution in [0, 0.1) is 5.92 Å². The first-order chi connectivity index (χ1) is 14.2. The van der Waals surface area contributed by atoms with Crippen LogP contribution < -0.4 is 9.64 Å². The van der Waals surface area contributed by atoms with Crippen molar-refractivity contribution in [2.45, 2.75) is 19.5 Å². The lowest BCUT2D eigenvalue weighted by atomic mass is 10.1. The monoisotopic (exact) mass is 394 g/mol. The molecule has 0 radical (unpaired) electrons. The predicted octanol–water partition coefficient (Wildman–Crippen LogP) is 3.46. The third-order valence-electron chi connectivity index (χ3n) is 5.02. The molecule has 2 amide bonds. The molecule has 29 heavy (non-hydrogen) atoms. The van der Waals surface area contributed by atoms with Crippen molar-refractivity contribution in [3.63, 3.8) is 0 Å². The molecule has 1 aliphatic rings. The summed E-state index contributed by atoms with van der Waals surface area (Å²) in [6.45, 7) is 0.933. The molecule has 0 bridgehead atoms. The van der Waals surface area contributed by atoms with Crippen molar-refractivity contribution < 1.29 is 23.2 Å². The molecule has 7 nitrogen and oxygen atoms in total. The molecule has 0 aliphatic carbocycles. The van der Waals surface area contributed by atoms with Crippen LogP contribution in [-0.2, 0) is 22.7 Å². The minimum absolute atomic E-state index is 0.0937. The summed E-state index contributed by atoms with van der Waals surface area (Å²) in [4.78, 5) is 29.3. The first kappa shape index (κ1) is 18.9. The molecule has 1 fully saturated rings. The summed E-state index contributed by atoms with van der Waals surface area (Å²) in [5.74, 6) is 1.31. The zero-order chi connectivity index (χ0) is 20.2. The van der Waals surface area contributed by atoms with Gasteiger partial charge in [-0.1, -0.05) is 12.1 Å². The zero-order valence-corrected chi connectivity index (χ0v) is 16.1. The van der Waals surface area contributed by atoms with E-state index in [1.807, 2.05) is 30.3 Å². The standard InChI is InChI=1S/C22H22N2O5/c1-27-20-9-3-2-8-19(20)24-13-16(12-21(24)25)22(26)23(14-17-6-4-10-28-17)15-18-7-5-11-29-18/h2-11,16H,12-15H2,1H3. The van der Waals surface area contributed by atoms with Crippen LogP contribution in [0.5, 0.6) is 5.75 Å². The number of amides is 2. The van der Waals surface area contributed by atoms with Crippen LogP contribution in [0.4, 0.5) is 5.69 Å². The molecular weight excluding hydrogens is 372 g/mol. The van der Waals surface area contributed by atoms with Gasteiger partial charge in [0.05, 0.1) is 44.3 Å². The molecule has 2 aromatic heterocycles. The molecule has 1 saturated heterocycles. The van der Waals surface area contributed by atoms with Gasteiger partial charge < -0.3 is 23.4 Å². The second-order valence-electron chi connectivity index (χ2n) is 6.93. The number of ether oxygens (including phenoxy) is 1. The van der Waals surface area contributed by atoms with Gasteiger partial charge in [0.2, 0.25) is 11.8 Å². The van der Waals surface area contributed by atoms with Crippen molar-refractivity contribution in [3.8, 4) is 5.75 Å². The smallest absolute Gasteiger partial charge is 0.228 e. The Hall–Kier alpha value is -3.48. The fourth-order valence-corrected chi connectivity index (χ4v) is 3.61. The third kappa shape index (κ3) is 4.03. The lowest BCUT2D eigenvalue weighted by Crippen LogP contribution is -2.36. The summed E-state index contributed by atoms with van der Waals surface area (Å²) in [7, 11) is 1.57. The van der Waals surface area contributed by atoms with E-state index >= 15 is 0 Å². The van der Waals surface area contributed by atoms with Crippen molar-refractivity contribution in [3.05, 3.63) is 72.6 Å². The molecule has 1 aliphatic heterocycles. The van der Waals surface area contributed by atoms with Gasteiger partial charge in [0, 0.05) is 13.0 Å². The number of hydrogen-bond donors (Lipinski definition) is 0. The molecule has 0 saturated carbocycles. The van der Waals surface area contributed by atoms with Crippen LogP contribution in [0.3, 0.4) is 0 Å². The maximum atomic E-state index is 13.3. The SMILES string of the molecule is COc1ccccc1N1CC(C(=O)N(Cc2ccco2)Cc2ccco2)CC1=O. The first-order valence-corrected chi connectivity index (χ1v) is 9.42. The lowest BCUT2D eigenvalue weighted by molar-refractivity contribution is -0.137. The number of carbonyl (C=O) groups is 2. The van der Waals surface area contributed by atoms with E-state index in [9.17, 15) is 9.59 Å².